The smallest absolute Gasteiger partial charge is 0.399 e. The second-order valence-corrected chi connectivity index (χ2v) is 9.50. The Bertz CT molecular complexity index is 1250. The van der Waals surface area contributed by atoms with Crippen molar-refractivity contribution in [3.63, 3.8) is 0 Å². The summed E-state index contributed by atoms with van der Waals surface area (Å²) in [5.74, 6) is 0. The van der Waals surface area contributed by atoms with Crippen LogP contribution in [0.4, 0.5) is 0 Å². The predicted molar refractivity (Wildman–Crippen MR) is 128 cm³/mol. The van der Waals surface area contributed by atoms with Crippen LogP contribution in [0.3, 0.4) is 0 Å². The van der Waals surface area contributed by atoms with Crippen molar-refractivity contribution in [2.75, 3.05) is 6.26 Å². The number of H-pyrrole nitrogens is 1. The van der Waals surface area contributed by atoms with Crippen molar-refractivity contribution in [1.29, 1.82) is 5.26 Å². The summed E-state index contributed by atoms with van der Waals surface area (Å²) in [6.45, 7) is 8.15. The molecule has 0 amide bonds. The average molecular weight is 445 g/mol. The molecule has 1 aromatic heterocycles. The number of nitriles is 1. The van der Waals surface area contributed by atoms with E-state index in [0.29, 0.717) is 16.4 Å². The highest BCUT2D eigenvalue weighted by Gasteiger charge is 2.51. The molecule has 1 aliphatic rings. The molecule has 1 N–H and O–H groups in total. The van der Waals surface area contributed by atoms with Crippen LogP contribution in [0.5, 0.6) is 0 Å². The molecule has 0 saturated carbocycles. The molecule has 0 unspecified atom stereocenters. The van der Waals surface area contributed by atoms with Crippen LogP contribution in [0.25, 0.3) is 22.4 Å². The Morgan fingerprint density at radius 3 is 2.22 bits per heavy atom. The molecule has 162 valence electrons. The van der Waals surface area contributed by atoms with E-state index in [4.69, 9.17) is 9.31 Å². The molecule has 6 nitrogen and oxygen atoms in total. The molecule has 0 aliphatic carbocycles. The maximum absolute atomic E-state index is 12.2. The van der Waals surface area contributed by atoms with E-state index >= 15 is 0 Å². The first kappa shape index (κ1) is 22.3. The molecule has 4 rings (SSSR count). The zero-order valence-corrected chi connectivity index (χ0v) is 19.5. The van der Waals surface area contributed by atoms with Crippen LogP contribution < -0.4 is 11.0 Å². The number of nitrogens with one attached hydrogen (secondary N) is 1. The zero-order chi connectivity index (χ0) is 23.1. The molecule has 1 fully saturated rings. The fraction of sp³-hybridized carbons (Fsp3) is 0.292. The topological polar surface area (TPSA) is 88.0 Å². The third kappa shape index (κ3) is 4.00. The highest BCUT2D eigenvalue weighted by atomic mass is 32.2. The monoisotopic (exact) mass is 445 g/mol. The summed E-state index contributed by atoms with van der Waals surface area (Å²) in [4.78, 5) is 19.3. The van der Waals surface area contributed by atoms with E-state index in [1.54, 1.807) is 0 Å². The number of rotatable bonds is 4. The van der Waals surface area contributed by atoms with Crippen LogP contribution in [-0.2, 0) is 9.31 Å². The van der Waals surface area contributed by atoms with Crippen LogP contribution in [0.1, 0.15) is 33.3 Å². The third-order valence-corrected chi connectivity index (χ3v) is 6.69. The summed E-state index contributed by atoms with van der Waals surface area (Å²) in [7, 11) is -0.428. The standard InChI is InChI=1S/C24H24BN3O3S/c1-23(2)24(3,4)31-25(30-23)18-8-6-7-17(13-18)15-9-11-16(12-10-15)20-19(14-26)21(29)28-22(27-20)32-5/h6-13H,1-5H3,(H,27,28,29). The molecule has 1 saturated heterocycles. The van der Waals surface area contributed by atoms with E-state index in [1.165, 1.54) is 11.8 Å². The van der Waals surface area contributed by atoms with Gasteiger partial charge in [-0.2, -0.15) is 5.26 Å². The highest BCUT2D eigenvalue weighted by Crippen LogP contribution is 2.36. The van der Waals surface area contributed by atoms with Gasteiger partial charge >= 0.3 is 7.12 Å². The van der Waals surface area contributed by atoms with Gasteiger partial charge in [-0.1, -0.05) is 60.3 Å². The van der Waals surface area contributed by atoms with Gasteiger partial charge in [-0.15, -0.1) is 0 Å². The Labute approximate surface area is 192 Å². The van der Waals surface area contributed by atoms with Gasteiger partial charge in [0.1, 0.15) is 11.6 Å². The van der Waals surface area contributed by atoms with E-state index in [0.717, 1.165) is 16.6 Å². The van der Waals surface area contributed by atoms with E-state index in [2.05, 4.69) is 16.0 Å². The third-order valence-electron chi connectivity index (χ3n) is 6.11. The van der Waals surface area contributed by atoms with Crippen molar-refractivity contribution in [3.8, 4) is 28.5 Å². The minimum absolute atomic E-state index is 0.0123. The van der Waals surface area contributed by atoms with Crippen molar-refractivity contribution >= 4 is 24.3 Å². The maximum atomic E-state index is 12.2. The van der Waals surface area contributed by atoms with Crippen molar-refractivity contribution in [2.24, 2.45) is 0 Å². The fourth-order valence-corrected chi connectivity index (χ4v) is 3.90. The Kier molecular flexibility index (Phi) is 5.76. The minimum atomic E-state index is -0.430. The lowest BCUT2D eigenvalue weighted by atomic mass is 9.78. The summed E-state index contributed by atoms with van der Waals surface area (Å²) in [5, 5.41) is 9.90. The molecule has 0 bridgehead atoms. The first-order valence-electron chi connectivity index (χ1n) is 10.3. The van der Waals surface area contributed by atoms with Crippen LogP contribution in [0, 0.1) is 11.3 Å². The van der Waals surface area contributed by atoms with Crippen molar-refractivity contribution in [1.82, 2.24) is 9.97 Å². The van der Waals surface area contributed by atoms with Crippen LogP contribution in [0.2, 0.25) is 0 Å². The SMILES string of the molecule is CSc1nc(-c2ccc(-c3cccc(B4OC(C)(C)C(C)(C)O4)c3)cc2)c(C#N)c(=O)[nH]1. The molecule has 8 heteroatoms. The average Bonchev–Trinajstić information content (AvgIpc) is 3.00. The molecule has 0 spiro atoms. The van der Waals surface area contributed by atoms with Crippen molar-refractivity contribution < 1.29 is 9.31 Å². The van der Waals surface area contributed by atoms with Gasteiger partial charge in [0.15, 0.2) is 5.16 Å². The van der Waals surface area contributed by atoms with E-state index in [1.807, 2.05) is 82.5 Å². The Hall–Kier alpha value is -2.86. The lowest BCUT2D eigenvalue weighted by Crippen LogP contribution is -2.41. The number of benzene rings is 2. The van der Waals surface area contributed by atoms with Crippen molar-refractivity contribution in [3.05, 3.63) is 64.4 Å². The number of hydrogen-bond donors (Lipinski definition) is 1. The Balaban J connectivity index is 1.66. The van der Waals surface area contributed by atoms with Crippen molar-refractivity contribution in [2.45, 2.75) is 44.1 Å². The second kappa shape index (κ2) is 8.25. The summed E-state index contributed by atoms with van der Waals surface area (Å²) >= 11 is 1.32. The van der Waals surface area contributed by atoms with E-state index < -0.39 is 23.9 Å². The normalized spacial score (nSPS) is 16.7. The lowest BCUT2D eigenvalue weighted by Gasteiger charge is -2.32. The van der Waals surface area contributed by atoms with E-state index in [-0.39, 0.29) is 5.56 Å². The largest absolute Gasteiger partial charge is 0.494 e. The molecular weight excluding hydrogens is 421 g/mol. The van der Waals surface area contributed by atoms with Gasteiger partial charge in [-0.05, 0) is 50.5 Å². The summed E-state index contributed by atoms with van der Waals surface area (Å²) in [5.41, 5.74) is 2.87. The minimum Gasteiger partial charge on any atom is -0.399 e. The molecule has 0 atom stereocenters. The molecule has 1 aliphatic heterocycles. The first-order valence-corrected chi connectivity index (χ1v) is 11.5. The fourth-order valence-electron chi connectivity index (χ4n) is 3.53. The molecule has 3 aromatic rings. The van der Waals surface area contributed by atoms with Gasteiger partial charge in [0, 0.05) is 5.56 Å². The zero-order valence-electron chi connectivity index (χ0n) is 18.7. The number of thioether (sulfide) groups is 1. The summed E-state index contributed by atoms with van der Waals surface area (Å²) < 4.78 is 12.4. The Morgan fingerprint density at radius 1 is 1.00 bits per heavy atom. The van der Waals surface area contributed by atoms with Crippen LogP contribution in [-0.4, -0.2) is 34.5 Å². The number of nitrogens with zero attached hydrogens (tertiary/aromatic N) is 2. The highest BCUT2D eigenvalue weighted by molar-refractivity contribution is 7.98. The molecule has 32 heavy (non-hydrogen) atoms. The molecule has 2 heterocycles. The quantitative estimate of drug-likeness (QED) is 0.371. The van der Waals surface area contributed by atoms with Gasteiger partial charge < -0.3 is 14.3 Å². The number of aromatic nitrogens is 2. The Morgan fingerprint density at radius 2 is 1.62 bits per heavy atom. The summed E-state index contributed by atoms with van der Waals surface area (Å²) in [6.07, 6.45) is 1.82. The van der Waals surface area contributed by atoms with Gasteiger partial charge in [0.2, 0.25) is 0 Å². The molecule has 2 aromatic carbocycles. The van der Waals surface area contributed by atoms with Crippen LogP contribution >= 0.6 is 11.8 Å². The van der Waals surface area contributed by atoms with E-state index in [9.17, 15) is 10.1 Å². The first-order chi connectivity index (χ1) is 15.1. The maximum Gasteiger partial charge on any atom is 0.494 e. The molecule has 0 radical (unpaired) electrons. The van der Waals surface area contributed by atoms with Gasteiger partial charge in [0.25, 0.3) is 5.56 Å². The number of hydrogen-bond acceptors (Lipinski definition) is 6. The lowest BCUT2D eigenvalue weighted by molar-refractivity contribution is 0.00578. The predicted octanol–water partition coefficient (Wildman–Crippen LogP) is 4.00. The molecular formula is C24H24BN3O3S. The second-order valence-electron chi connectivity index (χ2n) is 8.70. The van der Waals surface area contributed by atoms with Gasteiger partial charge in [-0.3, -0.25) is 4.79 Å². The number of aromatic amines is 1. The van der Waals surface area contributed by atoms with Crippen LogP contribution in [0.15, 0.2) is 58.5 Å². The summed E-state index contributed by atoms with van der Waals surface area (Å²) in [6, 6.07) is 17.7. The van der Waals surface area contributed by atoms with Gasteiger partial charge in [0.05, 0.1) is 16.9 Å². The van der Waals surface area contributed by atoms with Gasteiger partial charge in [-0.25, -0.2) is 4.98 Å².